The maximum Gasteiger partial charge on any atom is 0.306 e. The third kappa shape index (κ3) is 19.0. The van der Waals surface area contributed by atoms with Gasteiger partial charge in [-0.05, 0) is 6.42 Å². The van der Waals surface area contributed by atoms with E-state index in [0.29, 0.717) is 6.42 Å². The predicted octanol–water partition coefficient (Wildman–Crippen LogP) is 1.56. The molecule has 0 aliphatic heterocycles. The first-order valence-corrected chi connectivity index (χ1v) is 11.0. The summed E-state index contributed by atoms with van der Waals surface area (Å²) in [4.78, 5) is 11.8. The minimum Gasteiger partial charge on any atom is -0.457 e. The van der Waals surface area contributed by atoms with Crippen molar-refractivity contribution in [1.29, 1.82) is 0 Å². The Bertz CT molecular complexity index is 367. The Hall–Kier alpha value is -0.770. The van der Waals surface area contributed by atoms with Crippen molar-refractivity contribution in [3.8, 4) is 0 Å². The van der Waals surface area contributed by atoms with Crippen LogP contribution < -0.4 is 0 Å². The molecule has 0 amide bonds. The van der Waals surface area contributed by atoms with Gasteiger partial charge in [-0.3, -0.25) is 4.79 Å². The first kappa shape index (κ1) is 28.2. The highest BCUT2D eigenvalue weighted by Crippen LogP contribution is 2.11. The monoisotopic (exact) mass is 422 g/mol. The molecule has 0 aliphatic rings. The maximum absolute atomic E-state index is 11.8. The van der Waals surface area contributed by atoms with Crippen molar-refractivity contribution in [3.05, 3.63) is 0 Å². The molecule has 0 aromatic carbocycles. The van der Waals surface area contributed by atoms with Gasteiger partial charge in [-0.2, -0.15) is 0 Å². The van der Waals surface area contributed by atoms with E-state index < -0.39 is 24.9 Å². The van der Waals surface area contributed by atoms with Gasteiger partial charge in [0.15, 0.2) is 0 Å². The van der Waals surface area contributed by atoms with Crippen LogP contribution in [0.2, 0.25) is 0 Å². The van der Waals surface area contributed by atoms with Crippen LogP contribution in [0.25, 0.3) is 0 Å². The Morgan fingerprint density at radius 1 is 0.724 bits per heavy atom. The first-order valence-electron chi connectivity index (χ1n) is 11.0. The van der Waals surface area contributed by atoms with E-state index in [1.807, 2.05) is 0 Å². The second kappa shape index (κ2) is 20.5. The molecule has 0 fully saturated rings. The fourth-order valence-corrected chi connectivity index (χ4v) is 2.73. The number of hydrogen-bond donors (Lipinski definition) is 4. The summed E-state index contributed by atoms with van der Waals surface area (Å²) in [6.45, 7) is 1.24. The molecule has 8 nitrogen and oxygen atoms in total. The zero-order valence-corrected chi connectivity index (χ0v) is 18.0. The lowest BCUT2D eigenvalue weighted by Crippen LogP contribution is -2.31. The quantitative estimate of drug-likeness (QED) is 0.162. The summed E-state index contributed by atoms with van der Waals surface area (Å²) in [7, 11) is 0. The van der Waals surface area contributed by atoms with Crippen molar-refractivity contribution in [2.75, 3.05) is 39.6 Å². The lowest BCUT2D eigenvalue weighted by molar-refractivity contribution is -0.155. The van der Waals surface area contributed by atoms with Crippen LogP contribution in [0.1, 0.15) is 71.1 Å². The molecule has 3 atom stereocenters. The van der Waals surface area contributed by atoms with Gasteiger partial charge in [0, 0.05) is 6.42 Å². The summed E-state index contributed by atoms with van der Waals surface area (Å²) in [6, 6.07) is 0. The SMILES string of the molecule is CCCCCCCCCCCC(=O)OC(CO)COCC(O)COCC(O)CO. The number of aliphatic hydroxyl groups is 4. The molecule has 0 bridgehead atoms. The molecule has 0 aromatic heterocycles. The molecule has 0 spiro atoms. The highest BCUT2D eigenvalue weighted by molar-refractivity contribution is 5.69. The van der Waals surface area contributed by atoms with E-state index in [2.05, 4.69) is 6.92 Å². The van der Waals surface area contributed by atoms with E-state index in [1.165, 1.54) is 38.5 Å². The molecular formula is C21H42O8. The minimum atomic E-state index is -0.980. The van der Waals surface area contributed by atoms with E-state index >= 15 is 0 Å². The summed E-state index contributed by atoms with van der Waals surface area (Å²) in [5.41, 5.74) is 0. The smallest absolute Gasteiger partial charge is 0.306 e. The summed E-state index contributed by atoms with van der Waals surface area (Å²) in [5.74, 6) is -0.350. The van der Waals surface area contributed by atoms with Crippen LogP contribution in [0, 0.1) is 0 Å². The van der Waals surface area contributed by atoms with Gasteiger partial charge in [-0.25, -0.2) is 0 Å². The number of carbonyl (C=O) groups is 1. The molecule has 0 radical (unpaired) electrons. The highest BCUT2D eigenvalue weighted by atomic mass is 16.6. The van der Waals surface area contributed by atoms with Crippen molar-refractivity contribution in [3.63, 3.8) is 0 Å². The molecule has 3 unspecified atom stereocenters. The van der Waals surface area contributed by atoms with Crippen molar-refractivity contribution in [1.82, 2.24) is 0 Å². The van der Waals surface area contributed by atoms with Gasteiger partial charge in [0.05, 0.1) is 39.6 Å². The highest BCUT2D eigenvalue weighted by Gasteiger charge is 2.15. The van der Waals surface area contributed by atoms with Gasteiger partial charge in [-0.15, -0.1) is 0 Å². The van der Waals surface area contributed by atoms with Crippen LogP contribution in [0.15, 0.2) is 0 Å². The third-order valence-corrected chi connectivity index (χ3v) is 4.43. The van der Waals surface area contributed by atoms with Gasteiger partial charge in [0.2, 0.25) is 0 Å². The fourth-order valence-electron chi connectivity index (χ4n) is 2.73. The number of carbonyl (C=O) groups excluding carboxylic acids is 1. The number of hydrogen-bond acceptors (Lipinski definition) is 8. The average Bonchev–Trinajstić information content (AvgIpc) is 2.71. The molecule has 0 saturated carbocycles. The standard InChI is InChI=1S/C21H42O8/c1-2-3-4-5-6-7-8-9-10-11-21(26)29-20(13-23)17-28-16-19(25)15-27-14-18(24)12-22/h18-20,22-25H,2-17H2,1H3. The van der Waals surface area contributed by atoms with E-state index in [4.69, 9.17) is 24.4 Å². The zero-order chi connectivity index (χ0) is 21.7. The van der Waals surface area contributed by atoms with E-state index in [0.717, 1.165) is 19.3 Å². The molecule has 174 valence electrons. The molecule has 0 heterocycles. The number of esters is 1. The predicted molar refractivity (Wildman–Crippen MR) is 110 cm³/mol. The van der Waals surface area contributed by atoms with Crippen LogP contribution in [0.5, 0.6) is 0 Å². The van der Waals surface area contributed by atoms with Gasteiger partial charge < -0.3 is 34.6 Å². The number of aliphatic hydroxyl groups excluding tert-OH is 4. The van der Waals surface area contributed by atoms with Crippen molar-refractivity contribution >= 4 is 5.97 Å². The second-order valence-corrected chi connectivity index (χ2v) is 7.44. The lowest BCUT2D eigenvalue weighted by atomic mass is 10.1. The van der Waals surface area contributed by atoms with Crippen LogP contribution in [0.3, 0.4) is 0 Å². The van der Waals surface area contributed by atoms with Gasteiger partial charge in [0.25, 0.3) is 0 Å². The van der Waals surface area contributed by atoms with E-state index in [-0.39, 0.29) is 39.0 Å². The summed E-state index contributed by atoms with van der Waals surface area (Å²) in [5, 5.41) is 36.8. The van der Waals surface area contributed by atoms with Crippen molar-refractivity contribution in [2.45, 2.75) is 89.4 Å². The minimum absolute atomic E-state index is 0.0175. The van der Waals surface area contributed by atoms with Crippen molar-refractivity contribution < 1.29 is 39.4 Å². The largest absolute Gasteiger partial charge is 0.457 e. The average molecular weight is 423 g/mol. The van der Waals surface area contributed by atoms with Crippen molar-refractivity contribution in [2.24, 2.45) is 0 Å². The normalized spacial score (nSPS) is 14.5. The van der Waals surface area contributed by atoms with Gasteiger partial charge >= 0.3 is 5.97 Å². The van der Waals surface area contributed by atoms with E-state index in [1.54, 1.807) is 0 Å². The maximum atomic E-state index is 11.8. The molecule has 8 heteroatoms. The number of unbranched alkanes of at least 4 members (excludes halogenated alkanes) is 8. The molecular weight excluding hydrogens is 380 g/mol. The van der Waals surface area contributed by atoms with E-state index in [9.17, 15) is 15.0 Å². The number of rotatable bonds is 21. The third-order valence-electron chi connectivity index (χ3n) is 4.43. The fraction of sp³-hybridized carbons (Fsp3) is 0.952. The van der Waals surface area contributed by atoms with Gasteiger partial charge in [0.1, 0.15) is 18.3 Å². The van der Waals surface area contributed by atoms with Crippen LogP contribution in [0.4, 0.5) is 0 Å². The first-order chi connectivity index (χ1) is 14.0. The van der Waals surface area contributed by atoms with Crippen LogP contribution in [-0.2, 0) is 19.0 Å². The molecule has 0 aliphatic carbocycles. The summed E-state index contributed by atoms with van der Waals surface area (Å²) in [6.07, 6.45) is 8.21. The Morgan fingerprint density at radius 3 is 1.79 bits per heavy atom. The lowest BCUT2D eigenvalue weighted by Gasteiger charge is -2.18. The van der Waals surface area contributed by atoms with Crippen LogP contribution in [-0.4, -0.2) is 84.3 Å². The molecule has 0 aromatic rings. The number of ether oxygens (including phenoxy) is 3. The molecule has 0 rings (SSSR count). The molecule has 29 heavy (non-hydrogen) atoms. The second-order valence-electron chi connectivity index (χ2n) is 7.44. The molecule has 4 N–H and O–H groups in total. The summed E-state index contributed by atoms with van der Waals surface area (Å²) >= 11 is 0. The molecule has 0 saturated heterocycles. The Labute approximate surface area is 175 Å². The Kier molecular flexibility index (Phi) is 20.0. The van der Waals surface area contributed by atoms with Gasteiger partial charge in [-0.1, -0.05) is 58.3 Å². The Morgan fingerprint density at radius 2 is 1.24 bits per heavy atom. The topological polar surface area (TPSA) is 126 Å². The van der Waals surface area contributed by atoms with Crippen LogP contribution >= 0.6 is 0 Å². The zero-order valence-electron chi connectivity index (χ0n) is 18.0. The summed E-state index contributed by atoms with van der Waals surface area (Å²) < 4.78 is 15.5. The Balaban J connectivity index is 3.66.